The first-order valence-corrected chi connectivity index (χ1v) is 6.38. The van der Waals surface area contributed by atoms with Crippen LogP contribution in [0.3, 0.4) is 0 Å². The van der Waals surface area contributed by atoms with Gasteiger partial charge in [0.15, 0.2) is 0 Å². The van der Waals surface area contributed by atoms with E-state index in [0.717, 1.165) is 5.69 Å². The highest BCUT2D eigenvalue weighted by Crippen LogP contribution is 2.12. The highest BCUT2D eigenvalue weighted by Gasteiger charge is 2.11. The third kappa shape index (κ3) is 5.42. The van der Waals surface area contributed by atoms with E-state index in [1.807, 2.05) is 44.2 Å². The van der Waals surface area contributed by atoms with Gasteiger partial charge in [0.2, 0.25) is 5.91 Å². The van der Waals surface area contributed by atoms with E-state index < -0.39 is 0 Å². The summed E-state index contributed by atoms with van der Waals surface area (Å²) in [6.45, 7) is 6.16. The minimum Gasteiger partial charge on any atom is -0.336 e. The molecule has 1 aromatic carbocycles. The topological polar surface area (TPSA) is 61.4 Å². The smallest absolute Gasteiger partial charge is 0.315 e. The van der Waals surface area contributed by atoms with E-state index in [1.165, 1.54) is 6.92 Å². The fourth-order valence-electron chi connectivity index (χ4n) is 1.67. The summed E-state index contributed by atoms with van der Waals surface area (Å²) in [6.07, 6.45) is 0. The van der Waals surface area contributed by atoms with Gasteiger partial charge in [-0.15, -0.1) is 0 Å². The Morgan fingerprint density at radius 1 is 1.21 bits per heavy atom. The zero-order valence-electron chi connectivity index (χ0n) is 11.6. The Kier molecular flexibility index (Phi) is 5.85. The van der Waals surface area contributed by atoms with Gasteiger partial charge in [0.1, 0.15) is 0 Å². The molecule has 5 nitrogen and oxygen atoms in total. The van der Waals surface area contributed by atoms with Crippen molar-refractivity contribution >= 4 is 17.6 Å². The number of para-hydroxylation sites is 1. The molecule has 19 heavy (non-hydrogen) atoms. The molecule has 0 aromatic heterocycles. The number of anilines is 1. The van der Waals surface area contributed by atoms with Gasteiger partial charge in [0, 0.05) is 31.7 Å². The third-order valence-corrected chi connectivity index (χ3v) is 2.49. The average Bonchev–Trinajstić information content (AvgIpc) is 2.34. The van der Waals surface area contributed by atoms with Crippen LogP contribution in [0.5, 0.6) is 0 Å². The monoisotopic (exact) mass is 263 g/mol. The first-order chi connectivity index (χ1) is 9.00. The highest BCUT2D eigenvalue weighted by molar-refractivity contribution is 5.91. The van der Waals surface area contributed by atoms with Gasteiger partial charge >= 0.3 is 6.03 Å². The normalized spacial score (nSPS) is 10.1. The molecule has 104 valence electrons. The number of hydrogen-bond acceptors (Lipinski definition) is 2. The van der Waals surface area contributed by atoms with Gasteiger partial charge in [-0.3, -0.25) is 4.79 Å². The van der Waals surface area contributed by atoms with Gasteiger partial charge < -0.3 is 15.5 Å². The van der Waals surface area contributed by atoms with Crippen LogP contribution < -0.4 is 15.5 Å². The molecule has 0 spiro atoms. The van der Waals surface area contributed by atoms with E-state index in [2.05, 4.69) is 10.6 Å². The van der Waals surface area contributed by atoms with Crippen molar-refractivity contribution in [3.05, 3.63) is 30.3 Å². The lowest BCUT2D eigenvalue weighted by atomic mass is 10.3. The van der Waals surface area contributed by atoms with Crippen molar-refractivity contribution in [3.63, 3.8) is 0 Å². The predicted molar refractivity (Wildman–Crippen MR) is 76.1 cm³/mol. The number of hydrogen-bond donors (Lipinski definition) is 2. The fourth-order valence-corrected chi connectivity index (χ4v) is 1.67. The Balaban J connectivity index is 2.48. The van der Waals surface area contributed by atoms with Gasteiger partial charge in [-0.25, -0.2) is 4.79 Å². The summed E-state index contributed by atoms with van der Waals surface area (Å²) in [5.74, 6) is -0.0442. The second kappa shape index (κ2) is 7.41. The number of nitrogens with zero attached hydrogens (tertiary/aromatic N) is 1. The zero-order valence-corrected chi connectivity index (χ0v) is 11.6. The lowest BCUT2D eigenvalue weighted by Crippen LogP contribution is -2.43. The summed E-state index contributed by atoms with van der Waals surface area (Å²) in [5, 5.41) is 5.46. The quantitative estimate of drug-likeness (QED) is 0.850. The van der Waals surface area contributed by atoms with Crippen LogP contribution in [0.25, 0.3) is 0 Å². The maximum atomic E-state index is 11.6. The van der Waals surface area contributed by atoms with Crippen LogP contribution in [-0.2, 0) is 4.79 Å². The number of urea groups is 1. The van der Waals surface area contributed by atoms with Crippen LogP contribution in [-0.4, -0.2) is 31.1 Å². The van der Waals surface area contributed by atoms with E-state index >= 15 is 0 Å². The minimum atomic E-state index is -0.216. The summed E-state index contributed by atoms with van der Waals surface area (Å²) >= 11 is 0. The summed E-state index contributed by atoms with van der Waals surface area (Å²) in [7, 11) is 0. The van der Waals surface area contributed by atoms with Crippen molar-refractivity contribution in [1.29, 1.82) is 0 Å². The second-order valence-corrected chi connectivity index (χ2v) is 4.56. The molecule has 0 radical (unpaired) electrons. The van der Waals surface area contributed by atoms with Crippen molar-refractivity contribution in [3.8, 4) is 0 Å². The van der Waals surface area contributed by atoms with E-state index in [4.69, 9.17) is 0 Å². The number of nitrogens with one attached hydrogen (secondary N) is 2. The second-order valence-electron chi connectivity index (χ2n) is 4.56. The van der Waals surface area contributed by atoms with Crippen LogP contribution in [0.15, 0.2) is 30.3 Å². The summed E-state index contributed by atoms with van der Waals surface area (Å²) in [5.41, 5.74) is 0.834. The van der Waals surface area contributed by atoms with Crippen molar-refractivity contribution in [2.75, 3.05) is 18.0 Å². The lowest BCUT2D eigenvalue weighted by molar-refractivity contribution is -0.116. The standard InChI is InChI=1S/C14H21N3O2/c1-11(2)16-14(19)15-9-10-17(12(3)18)13-7-5-4-6-8-13/h4-8,11H,9-10H2,1-3H3,(H2,15,16,19). The fraction of sp³-hybridized carbons (Fsp3) is 0.429. The molecule has 2 N–H and O–H groups in total. The predicted octanol–water partition coefficient (Wildman–Crippen LogP) is 1.75. The van der Waals surface area contributed by atoms with Crippen LogP contribution >= 0.6 is 0 Å². The van der Waals surface area contributed by atoms with Gasteiger partial charge in [0.05, 0.1) is 0 Å². The van der Waals surface area contributed by atoms with Gasteiger partial charge in [-0.05, 0) is 26.0 Å². The Hall–Kier alpha value is -2.04. The van der Waals surface area contributed by atoms with Gasteiger partial charge in [-0.1, -0.05) is 18.2 Å². The number of carbonyl (C=O) groups is 2. The number of amides is 3. The molecule has 1 rings (SSSR count). The molecular weight excluding hydrogens is 242 g/mol. The molecule has 0 aliphatic heterocycles. The maximum absolute atomic E-state index is 11.6. The first kappa shape index (κ1) is 15.0. The van der Waals surface area contributed by atoms with Crippen molar-refractivity contribution in [2.24, 2.45) is 0 Å². The molecule has 0 aliphatic rings. The molecule has 0 heterocycles. The third-order valence-electron chi connectivity index (χ3n) is 2.49. The largest absolute Gasteiger partial charge is 0.336 e. The zero-order chi connectivity index (χ0) is 14.3. The van der Waals surface area contributed by atoms with Crippen molar-refractivity contribution < 1.29 is 9.59 Å². The summed E-state index contributed by atoms with van der Waals surface area (Å²) < 4.78 is 0. The van der Waals surface area contributed by atoms with Crippen LogP contribution in [0, 0.1) is 0 Å². The Morgan fingerprint density at radius 2 is 1.84 bits per heavy atom. The van der Waals surface area contributed by atoms with Crippen LogP contribution in [0.1, 0.15) is 20.8 Å². The Morgan fingerprint density at radius 3 is 2.37 bits per heavy atom. The summed E-state index contributed by atoms with van der Waals surface area (Å²) in [4.78, 5) is 24.6. The molecule has 0 aliphatic carbocycles. The van der Waals surface area contributed by atoms with E-state index in [1.54, 1.807) is 4.90 Å². The maximum Gasteiger partial charge on any atom is 0.315 e. The van der Waals surface area contributed by atoms with Gasteiger partial charge in [0.25, 0.3) is 0 Å². The van der Waals surface area contributed by atoms with Crippen LogP contribution in [0.4, 0.5) is 10.5 Å². The Bertz CT molecular complexity index is 418. The molecular formula is C14H21N3O2. The van der Waals surface area contributed by atoms with E-state index in [-0.39, 0.29) is 18.0 Å². The molecule has 0 saturated heterocycles. The molecule has 5 heteroatoms. The molecule has 3 amide bonds. The molecule has 0 fully saturated rings. The highest BCUT2D eigenvalue weighted by atomic mass is 16.2. The van der Waals surface area contributed by atoms with Crippen molar-refractivity contribution in [1.82, 2.24) is 10.6 Å². The molecule has 0 atom stereocenters. The first-order valence-electron chi connectivity index (χ1n) is 6.38. The number of carbonyl (C=O) groups excluding carboxylic acids is 2. The summed E-state index contributed by atoms with van der Waals surface area (Å²) in [6, 6.07) is 9.28. The van der Waals surface area contributed by atoms with Crippen LogP contribution in [0.2, 0.25) is 0 Å². The lowest BCUT2D eigenvalue weighted by Gasteiger charge is -2.21. The SMILES string of the molecule is CC(=O)N(CCNC(=O)NC(C)C)c1ccccc1. The van der Waals surface area contributed by atoms with Crippen molar-refractivity contribution in [2.45, 2.75) is 26.8 Å². The van der Waals surface area contributed by atoms with E-state index in [0.29, 0.717) is 13.1 Å². The number of benzene rings is 1. The molecule has 0 saturated carbocycles. The Labute approximate surface area is 114 Å². The van der Waals surface area contributed by atoms with E-state index in [9.17, 15) is 9.59 Å². The van der Waals surface area contributed by atoms with Gasteiger partial charge in [-0.2, -0.15) is 0 Å². The molecule has 1 aromatic rings. The average molecular weight is 263 g/mol. The molecule has 0 unspecified atom stereocenters. The molecule has 0 bridgehead atoms. The number of rotatable bonds is 5. The minimum absolute atomic E-state index is 0.0442.